The van der Waals surface area contributed by atoms with Crippen LogP contribution in [0.2, 0.25) is 0 Å². The number of hydrogen-bond acceptors (Lipinski definition) is 4. The van der Waals surface area contributed by atoms with E-state index in [1.165, 1.54) is 16.7 Å². The number of hydrogen-bond donors (Lipinski definition) is 0. The summed E-state index contributed by atoms with van der Waals surface area (Å²) in [6, 6.07) is 17.4. The summed E-state index contributed by atoms with van der Waals surface area (Å²) in [6.45, 7) is 12.5. The predicted molar refractivity (Wildman–Crippen MR) is 164 cm³/mol. The van der Waals surface area contributed by atoms with Gasteiger partial charge in [0.25, 0.3) is 10.1 Å². The monoisotopic (exact) mass is 560 g/mol. The number of ether oxygens (including phenoxy) is 1. The molecule has 2 aliphatic carbocycles. The zero-order chi connectivity index (χ0) is 29.0. The molecule has 0 radical (unpaired) electrons. The van der Waals surface area contributed by atoms with Crippen molar-refractivity contribution in [1.82, 2.24) is 0 Å². The lowest BCUT2D eigenvalue weighted by Gasteiger charge is -2.51. The van der Waals surface area contributed by atoms with Crippen molar-refractivity contribution in [3.8, 4) is 0 Å². The molecule has 0 heterocycles. The lowest BCUT2D eigenvalue weighted by atomic mass is 9.57. The van der Waals surface area contributed by atoms with Crippen LogP contribution in [0, 0.1) is 12.8 Å². The molecule has 2 atom stereocenters. The smallest absolute Gasteiger partial charge is 0.297 e. The van der Waals surface area contributed by atoms with E-state index in [0.29, 0.717) is 18.9 Å². The molecule has 4 nitrogen and oxygen atoms in total. The minimum absolute atomic E-state index is 0.165. The standard InChI is InChI=1S/C35H44O4S/c1-27-20-22-32(23-21-27)40(36,37)39-33(3,4)24-25-38-34(5,6)35(29-15-9-7-10-16-29,30-17-11-8-12-18-30)31-19-13-14-28(2)26-31/h7,9-11,13-23,28H,8,12,24-26H2,1-6H3. The first-order chi connectivity index (χ1) is 18.9. The van der Waals surface area contributed by atoms with Crippen molar-refractivity contribution in [1.29, 1.82) is 0 Å². The average molecular weight is 561 g/mol. The Kier molecular flexibility index (Phi) is 9.08. The van der Waals surface area contributed by atoms with E-state index in [-0.39, 0.29) is 4.90 Å². The third-order valence-corrected chi connectivity index (χ3v) is 9.63. The topological polar surface area (TPSA) is 52.6 Å². The lowest BCUT2D eigenvalue weighted by Crippen LogP contribution is -2.53. The van der Waals surface area contributed by atoms with Crippen LogP contribution in [-0.2, 0) is 24.5 Å². The molecule has 2 unspecified atom stereocenters. The lowest BCUT2D eigenvalue weighted by molar-refractivity contribution is -0.0700. The fourth-order valence-corrected chi connectivity index (χ4v) is 7.32. The molecule has 0 bridgehead atoms. The van der Waals surface area contributed by atoms with Gasteiger partial charge < -0.3 is 4.74 Å². The molecule has 2 aromatic carbocycles. The van der Waals surface area contributed by atoms with E-state index < -0.39 is 26.7 Å². The molecule has 40 heavy (non-hydrogen) atoms. The van der Waals surface area contributed by atoms with Gasteiger partial charge in [-0.05, 0) is 83.1 Å². The molecule has 0 spiro atoms. The van der Waals surface area contributed by atoms with Crippen LogP contribution in [-0.4, -0.2) is 26.2 Å². The molecule has 0 N–H and O–H groups in total. The first kappa shape index (κ1) is 30.2. The summed E-state index contributed by atoms with van der Waals surface area (Å²) in [7, 11) is -3.90. The fourth-order valence-electron chi connectivity index (χ4n) is 6.07. The van der Waals surface area contributed by atoms with E-state index in [0.717, 1.165) is 24.8 Å². The molecule has 0 saturated carbocycles. The van der Waals surface area contributed by atoms with Gasteiger partial charge in [-0.2, -0.15) is 8.42 Å². The minimum Gasteiger partial charge on any atom is -0.374 e. The maximum absolute atomic E-state index is 13.0. The molecule has 214 valence electrons. The summed E-state index contributed by atoms with van der Waals surface area (Å²) >= 11 is 0. The van der Waals surface area contributed by atoms with Crippen molar-refractivity contribution in [2.45, 2.75) is 88.7 Å². The minimum atomic E-state index is -3.90. The number of rotatable bonds is 11. The van der Waals surface area contributed by atoms with Crippen molar-refractivity contribution in [3.05, 3.63) is 113 Å². The maximum Gasteiger partial charge on any atom is 0.297 e. The highest BCUT2D eigenvalue weighted by atomic mass is 32.2. The maximum atomic E-state index is 13.0. The van der Waals surface area contributed by atoms with Crippen molar-refractivity contribution in [2.24, 2.45) is 5.92 Å². The molecule has 5 heteroatoms. The molecule has 0 aliphatic heterocycles. The summed E-state index contributed by atoms with van der Waals surface area (Å²) in [5.41, 5.74) is 2.67. The van der Waals surface area contributed by atoms with E-state index in [1.54, 1.807) is 24.3 Å². The normalized spacial score (nSPS) is 19.6. The highest BCUT2D eigenvalue weighted by Gasteiger charge is 2.52. The van der Waals surface area contributed by atoms with Gasteiger partial charge in [-0.1, -0.05) is 97.0 Å². The molecular formula is C35H44O4S. The second-order valence-electron chi connectivity index (χ2n) is 12.2. The highest BCUT2D eigenvalue weighted by molar-refractivity contribution is 7.86. The first-order valence-electron chi connectivity index (χ1n) is 14.3. The van der Waals surface area contributed by atoms with Crippen molar-refractivity contribution >= 4 is 10.1 Å². The summed E-state index contributed by atoms with van der Waals surface area (Å²) < 4.78 is 38.6. The molecule has 2 aromatic rings. The Balaban J connectivity index is 1.65. The van der Waals surface area contributed by atoms with Crippen LogP contribution in [0.15, 0.2) is 107 Å². The highest BCUT2D eigenvalue weighted by Crippen LogP contribution is 2.53. The van der Waals surface area contributed by atoms with E-state index in [9.17, 15) is 8.42 Å². The Bertz CT molecular complexity index is 1390. The molecule has 0 saturated heterocycles. The largest absolute Gasteiger partial charge is 0.374 e. The van der Waals surface area contributed by atoms with Crippen LogP contribution in [0.1, 0.15) is 71.4 Å². The van der Waals surface area contributed by atoms with Gasteiger partial charge >= 0.3 is 0 Å². The SMILES string of the molecule is Cc1ccc(S(=O)(=O)OC(C)(C)CCOC(C)(C)C(C2=CCCC=C2)(C2=CC=CC(C)C2)c2ccccc2)cc1. The van der Waals surface area contributed by atoms with Gasteiger partial charge in [0.05, 0.1) is 28.1 Å². The molecular weight excluding hydrogens is 516 g/mol. The van der Waals surface area contributed by atoms with Gasteiger partial charge in [0.2, 0.25) is 0 Å². The molecule has 0 fully saturated rings. The Hall–Kier alpha value is -2.73. The Morgan fingerprint density at radius 3 is 2.27 bits per heavy atom. The number of allylic oxidation sites excluding steroid dienone is 6. The molecule has 2 aliphatic rings. The van der Waals surface area contributed by atoms with Crippen LogP contribution in [0.4, 0.5) is 0 Å². The Morgan fingerprint density at radius 2 is 1.65 bits per heavy atom. The van der Waals surface area contributed by atoms with Gasteiger partial charge in [0.1, 0.15) is 0 Å². The summed E-state index contributed by atoms with van der Waals surface area (Å²) in [4.78, 5) is 0.165. The van der Waals surface area contributed by atoms with Crippen LogP contribution in [0.3, 0.4) is 0 Å². The van der Waals surface area contributed by atoms with E-state index in [2.05, 4.69) is 87.6 Å². The van der Waals surface area contributed by atoms with Gasteiger partial charge in [0, 0.05) is 6.42 Å². The Morgan fingerprint density at radius 1 is 0.950 bits per heavy atom. The van der Waals surface area contributed by atoms with Crippen molar-refractivity contribution < 1.29 is 17.3 Å². The fraction of sp³-hybridized carbons (Fsp3) is 0.429. The van der Waals surface area contributed by atoms with Crippen LogP contribution in [0.5, 0.6) is 0 Å². The summed E-state index contributed by atoms with van der Waals surface area (Å²) in [5.74, 6) is 0.423. The second kappa shape index (κ2) is 12.0. The van der Waals surface area contributed by atoms with Gasteiger partial charge in [-0.25, -0.2) is 0 Å². The van der Waals surface area contributed by atoms with Gasteiger partial charge in [-0.3, -0.25) is 4.18 Å². The number of benzene rings is 2. The second-order valence-corrected chi connectivity index (χ2v) is 13.8. The molecule has 0 amide bonds. The summed E-state index contributed by atoms with van der Waals surface area (Å²) in [6.07, 6.45) is 17.0. The third kappa shape index (κ3) is 6.43. The first-order valence-corrected chi connectivity index (χ1v) is 15.7. The Labute approximate surface area is 241 Å². The van der Waals surface area contributed by atoms with Crippen LogP contribution in [0.25, 0.3) is 0 Å². The quantitative estimate of drug-likeness (QED) is 0.259. The van der Waals surface area contributed by atoms with E-state index >= 15 is 0 Å². The van der Waals surface area contributed by atoms with Crippen molar-refractivity contribution in [2.75, 3.05) is 6.61 Å². The predicted octanol–water partition coefficient (Wildman–Crippen LogP) is 8.40. The summed E-state index contributed by atoms with van der Waals surface area (Å²) in [5, 5.41) is 0. The zero-order valence-electron chi connectivity index (χ0n) is 24.8. The van der Waals surface area contributed by atoms with Crippen molar-refractivity contribution in [3.63, 3.8) is 0 Å². The van der Waals surface area contributed by atoms with Crippen LogP contribution >= 0.6 is 0 Å². The third-order valence-electron chi connectivity index (χ3n) is 8.11. The molecule has 0 aromatic heterocycles. The van der Waals surface area contributed by atoms with Gasteiger partial charge in [-0.15, -0.1) is 0 Å². The van der Waals surface area contributed by atoms with Gasteiger partial charge in [0.15, 0.2) is 0 Å². The number of aryl methyl sites for hydroxylation is 1. The zero-order valence-corrected chi connectivity index (χ0v) is 25.6. The molecule has 4 rings (SSSR count). The average Bonchev–Trinajstić information content (AvgIpc) is 2.90. The van der Waals surface area contributed by atoms with Crippen LogP contribution < -0.4 is 0 Å². The van der Waals surface area contributed by atoms with E-state index in [1.807, 2.05) is 20.8 Å². The van der Waals surface area contributed by atoms with E-state index in [4.69, 9.17) is 8.92 Å².